The molecule has 5 rings (SSSR count). The van der Waals surface area contributed by atoms with Gasteiger partial charge in [-0.1, -0.05) is 6.07 Å². The van der Waals surface area contributed by atoms with Crippen molar-refractivity contribution in [1.82, 2.24) is 14.9 Å². The molecule has 0 unspecified atom stereocenters. The number of aromatic nitrogens is 2. The molecule has 188 valence electrons. The summed E-state index contributed by atoms with van der Waals surface area (Å²) in [6, 6.07) is 7.34. The Morgan fingerprint density at radius 1 is 0.944 bits per heavy atom. The van der Waals surface area contributed by atoms with Gasteiger partial charge in [0.2, 0.25) is 11.8 Å². The summed E-state index contributed by atoms with van der Waals surface area (Å²) in [7, 11) is 0. The zero-order valence-electron chi connectivity index (χ0n) is 19.0. The third kappa shape index (κ3) is 4.82. The number of anilines is 1. The summed E-state index contributed by atoms with van der Waals surface area (Å²) in [5.41, 5.74) is 0.101. The van der Waals surface area contributed by atoms with Crippen LogP contribution in [0.4, 0.5) is 27.9 Å². The summed E-state index contributed by atoms with van der Waals surface area (Å²) in [5, 5.41) is 0. The Hall–Kier alpha value is -3.76. The van der Waals surface area contributed by atoms with Crippen molar-refractivity contribution in [3.05, 3.63) is 76.5 Å². The quantitative estimate of drug-likeness (QED) is 0.448. The van der Waals surface area contributed by atoms with E-state index in [0.29, 0.717) is 23.6 Å². The Balaban J connectivity index is 1.48. The highest BCUT2D eigenvalue weighted by molar-refractivity contribution is 5.94. The summed E-state index contributed by atoms with van der Waals surface area (Å²) in [6.07, 6.45) is -2.27. The molecule has 6 nitrogen and oxygen atoms in total. The largest absolute Gasteiger partial charge is 0.438 e. The van der Waals surface area contributed by atoms with Crippen molar-refractivity contribution in [3.63, 3.8) is 0 Å². The molecule has 3 aromatic rings. The Morgan fingerprint density at radius 2 is 1.72 bits per heavy atom. The average Bonchev–Trinajstić information content (AvgIpc) is 3.40. The van der Waals surface area contributed by atoms with Crippen molar-refractivity contribution in [2.45, 2.75) is 32.0 Å². The molecule has 3 heterocycles. The van der Waals surface area contributed by atoms with Gasteiger partial charge in [-0.2, -0.15) is 18.2 Å². The molecule has 11 heteroatoms. The Labute approximate surface area is 203 Å². The summed E-state index contributed by atoms with van der Waals surface area (Å²) >= 11 is 0. The van der Waals surface area contributed by atoms with Gasteiger partial charge in [-0.05, 0) is 43.2 Å². The molecule has 1 aromatic heterocycles. The van der Waals surface area contributed by atoms with Gasteiger partial charge in [0.15, 0.2) is 11.6 Å². The lowest BCUT2D eigenvalue weighted by Gasteiger charge is -2.30. The van der Waals surface area contributed by atoms with Gasteiger partial charge in [-0.15, -0.1) is 0 Å². The molecule has 0 spiro atoms. The molecule has 1 amide bonds. The van der Waals surface area contributed by atoms with E-state index in [9.17, 15) is 26.7 Å². The maximum atomic E-state index is 13.8. The van der Waals surface area contributed by atoms with Crippen molar-refractivity contribution >= 4 is 11.9 Å². The van der Waals surface area contributed by atoms with Crippen molar-refractivity contribution in [2.75, 3.05) is 24.5 Å². The van der Waals surface area contributed by atoms with Crippen LogP contribution in [0.25, 0.3) is 0 Å². The number of carbonyl (C=O) groups is 1. The van der Waals surface area contributed by atoms with E-state index in [0.717, 1.165) is 50.2 Å². The molecule has 1 saturated heterocycles. The van der Waals surface area contributed by atoms with Crippen LogP contribution >= 0.6 is 0 Å². The van der Waals surface area contributed by atoms with Crippen LogP contribution in [-0.2, 0) is 19.1 Å². The number of halogens is 5. The van der Waals surface area contributed by atoms with Gasteiger partial charge in [0, 0.05) is 37.7 Å². The zero-order valence-corrected chi connectivity index (χ0v) is 19.0. The average molecular weight is 504 g/mol. The van der Waals surface area contributed by atoms with E-state index < -0.39 is 29.3 Å². The normalized spacial score (nSPS) is 15.7. The van der Waals surface area contributed by atoms with Crippen LogP contribution in [-0.4, -0.2) is 40.4 Å². The Bertz CT molecular complexity index is 1310. The summed E-state index contributed by atoms with van der Waals surface area (Å²) < 4.78 is 72.4. The van der Waals surface area contributed by atoms with E-state index in [1.807, 2.05) is 4.90 Å². The van der Waals surface area contributed by atoms with Gasteiger partial charge in [-0.25, -0.2) is 13.8 Å². The van der Waals surface area contributed by atoms with Crippen LogP contribution in [0, 0.1) is 11.6 Å². The first kappa shape index (κ1) is 24.0. The van der Waals surface area contributed by atoms with Crippen LogP contribution in [0.3, 0.4) is 0 Å². The molecule has 0 bridgehead atoms. The summed E-state index contributed by atoms with van der Waals surface area (Å²) in [4.78, 5) is 25.7. The molecule has 0 radical (unpaired) electrons. The van der Waals surface area contributed by atoms with Gasteiger partial charge >= 0.3 is 6.18 Å². The number of amides is 1. The number of rotatable bonds is 4. The first-order chi connectivity index (χ1) is 17.2. The van der Waals surface area contributed by atoms with Crippen LogP contribution in [0.5, 0.6) is 11.6 Å². The van der Waals surface area contributed by atoms with Crippen LogP contribution in [0.1, 0.15) is 40.0 Å². The molecular formula is C25H21F5N4O2. The standard InChI is InChI=1S/C25H21F5N4O2/c26-19-7-6-17(13-20(19)27)36-22-18-14-34(23(35)15-4-3-5-16(12-15)25(28,29)30)11-8-21(18)31-24(32-22)33-9-1-2-10-33/h3-7,12-13H,1-2,8-11,14H2. The van der Waals surface area contributed by atoms with Crippen molar-refractivity contribution in [1.29, 1.82) is 0 Å². The first-order valence-electron chi connectivity index (χ1n) is 11.4. The number of fused-ring (bicyclic) bond motifs is 1. The molecule has 2 aromatic carbocycles. The molecule has 1 fully saturated rings. The van der Waals surface area contributed by atoms with E-state index in [1.54, 1.807) is 0 Å². The number of hydrogen-bond donors (Lipinski definition) is 0. The maximum Gasteiger partial charge on any atom is 0.416 e. The number of benzene rings is 2. The second-order valence-electron chi connectivity index (χ2n) is 8.68. The van der Waals surface area contributed by atoms with Gasteiger partial charge in [0.1, 0.15) is 5.75 Å². The number of hydrogen-bond acceptors (Lipinski definition) is 5. The van der Waals surface area contributed by atoms with Gasteiger partial charge in [-0.3, -0.25) is 4.79 Å². The fourth-order valence-corrected chi connectivity index (χ4v) is 4.35. The fourth-order valence-electron chi connectivity index (χ4n) is 4.35. The zero-order chi connectivity index (χ0) is 25.4. The molecule has 0 saturated carbocycles. The first-order valence-corrected chi connectivity index (χ1v) is 11.4. The predicted octanol–water partition coefficient (Wildman–Crippen LogP) is 5.36. The minimum Gasteiger partial charge on any atom is -0.438 e. The van der Waals surface area contributed by atoms with Gasteiger partial charge in [0.25, 0.3) is 5.91 Å². The second kappa shape index (κ2) is 9.36. The molecule has 0 atom stereocenters. The lowest BCUT2D eigenvalue weighted by atomic mass is 10.0. The van der Waals surface area contributed by atoms with Gasteiger partial charge in [0.05, 0.1) is 23.4 Å². The van der Waals surface area contributed by atoms with E-state index in [4.69, 9.17) is 4.74 Å². The lowest BCUT2D eigenvalue weighted by Crippen LogP contribution is -2.37. The highest BCUT2D eigenvalue weighted by Gasteiger charge is 2.33. The highest BCUT2D eigenvalue weighted by atomic mass is 19.4. The van der Waals surface area contributed by atoms with Crippen LogP contribution in [0.2, 0.25) is 0 Å². The Kier molecular flexibility index (Phi) is 6.23. The van der Waals surface area contributed by atoms with E-state index >= 15 is 0 Å². The van der Waals surface area contributed by atoms with Gasteiger partial charge < -0.3 is 14.5 Å². The molecule has 36 heavy (non-hydrogen) atoms. The molecule has 2 aliphatic rings. The predicted molar refractivity (Wildman–Crippen MR) is 120 cm³/mol. The number of ether oxygens (including phenoxy) is 1. The number of alkyl halides is 3. The topological polar surface area (TPSA) is 58.6 Å². The number of nitrogens with zero attached hydrogens (tertiary/aromatic N) is 4. The van der Waals surface area contributed by atoms with Crippen LogP contribution < -0.4 is 9.64 Å². The summed E-state index contributed by atoms with van der Waals surface area (Å²) in [5.74, 6) is -2.13. The van der Waals surface area contributed by atoms with E-state index in [2.05, 4.69) is 9.97 Å². The number of carbonyl (C=O) groups excluding carboxylic acids is 1. The minimum atomic E-state index is -4.57. The lowest BCUT2D eigenvalue weighted by molar-refractivity contribution is -0.137. The van der Waals surface area contributed by atoms with Crippen molar-refractivity contribution in [3.8, 4) is 11.6 Å². The monoisotopic (exact) mass is 504 g/mol. The maximum absolute atomic E-state index is 13.8. The Morgan fingerprint density at radius 3 is 2.44 bits per heavy atom. The van der Waals surface area contributed by atoms with E-state index in [1.165, 1.54) is 23.1 Å². The van der Waals surface area contributed by atoms with Crippen molar-refractivity contribution < 1.29 is 31.5 Å². The fraction of sp³-hybridized carbons (Fsp3) is 0.320. The molecule has 0 aliphatic carbocycles. The molecule has 2 aliphatic heterocycles. The second-order valence-corrected chi connectivity index (χ2v) is 8.68. The smallest absolute Gasteiger partial charge is 0.416 e. The third-order valence-corrected chi connectivity index (χ3v) is 6.23. The van der Waals surface area contributed by atoms with Crippen LogP contribution in [0.15, 0.2) is 42.5 Å². The van der Waals surface area contributed by atoms with Crippen molar-refractivity contribution in [2.24, 2.45) is 0 Å². The highest BCUT2D eigenvalue weighted by Crippen LogP contribution is 2.34. The minimum absolute atomic E-state index is 0.0102. The molecule has 0 N–H and O–H groups in total. The third-order valence-electron chi connectivity index (χ3n) is 6.23. The SMILES string of the molecule is O=C(c1cccc(C(F)(F)F)c1)N1CCc2nc(N3CCCC3)nc(Oc3ccc(F)c(F)c3)c2C1. The molecular weight excluding hydrogens is 483 g/mol. The van der Waals surface area contributed by atoms with E-state index in [-0.39, 0.29) is 30.3 Å². The summed E-state index contributed by atoms with van der Waals surface area (Å²) in [6.45, 7) is 1.76.